The number of hydrogen-bond acceptors (Lipinski definition) is 9. The highest BCUT2D eigenvalue weighted by Gasteiger charge is 2.25. The number of hydrogen-bond donors (Lipinski definition) is 1. The van der Waals surface area contributed by atoms with Crippen LogP contribution >= 0.6 is 11.3 Å². The molecule has 4 aromatic rings. The van der Waals surface area contributed by atoms with E-state index in [9.17, 15) is 14.9 Å². The van der Waals surface area contributed by atoms with Crippen molar-refractivity contribution < 1.29 is 18.7 Å². The van der Waals surface area contributed by atoms with Gasteiger partial charge in [-0.15, -0.1) is 16.4 Å². The van der Waals surface area contributed by atoms with E-state index < -0.39 is 18.5 Å². The summed E-state index contributed by atoms with van der Waals surface area (Å²) in [5, 5.41) is 24.4. The van der Waals surface area contributed by atoms with Crippen molar-refractivity contribution >= 4 is 40.0 Å². The fourth-order valence-electron chi connectivity index (χ4n) is 3.81. The molecule has 0 radical (unpaired) electrons. The van der Waals surface area contributed by atoms with Crippen molar-refractivity contribution in [2.45, 2.75) is 19.3 Å². The number of aryl methyl sites for hydroxylation is 1. The van der Waals surface area contributed by atoms with Gasteiger partial charge < -0.3 is 14.5 Å². The van der Waals surface area contributed by atoms with E-state index in [1.54, 1.807) is 24.3 Å². The Labute approximate surface area is 203 Å². The molecule has 3 heterocycles. The largest absolute Gasteiger partial charge is 0.465 e. The molecule has 0 unspecified atom stereocenters. The molecule has 11 heteroatoms. The zero-order chi connectivity index (χ0) is 24.2. The third-order valence-electron chi connectivity index (χ3n) is 5.38. The van der Waals surface area contributed by atoms with Gasteiger partial charge in [-0.05, 0) is 47.4 Å². The highest BCUT2D eigenvalue weighted by atomic mass is 32.1. The van der Waals surface area contributed by atoms with Gasteiger partial charge in [0.1, 0.15) is 16.8 Å². The lowest BCUT2D eigenvalue weighted by atomic mass is 10.1. The second-order valence-corrected chi connectivity index (χ2v) is 8.73. The minimum absolute atomic E-state index is 0.0376. The molecule has 1 aromatic carbocycles. The Hall–Kier alpha value is -4.56. The number of thiophene rings is 1. The summed E-state index contributed by atoms with van der Waals surface area (Å²) in [7, 11) is 0. The smallest absolute Gasteiger partial charge is 0.357 e. The Bertz CT molecular complexity index is 1450. The Morgan fingerprint density at radius 1 is 1.23 bits per heavy atom. The maximum absolute atomic E-state index is 13.1. The molecule has 174 valence electrons. The lowest BCUT2D eigenvalue weighted by molar-refractivity contribution is -0.141. The van der Waals surface area contributed by atoms with Gasteiger partial charge in [-0.1, -0.05) is 30.3 Å². The SMILES string of the molecule is N#Cc1c(NC(=O)COC(=O)C(=Cc2ccco2)n2nnnc2-c2ccccc2)sc2c1CCC2. The van der Waals surface area contributed by atoms with Crippen molar-refractivity contribution in [3.8, 4) is 17.5 Å². The van der Waals surface area contributed by atoms with E-state index in [0.29, 0.717) is 27.7 Å². The Balaban J connectivity index is 1.35. The van der Waals surface area contributed by atoms with Crippen molar-refractivity contribution in [3.63, 3.8) is 0 Å². The summed E-state index contributed by atoms with van der Waals surface area (Å²) in [6, 6.07) is 14.6. The van der Waals surface area contributed by atoms with Crippen LogP contribution in [-0.2, 0) is 27.2 Å². The number of esters is 1. The van der Waals surface area contributed by atoms with Crippen LogP contribution in [0.2, 0.25) is 0 Å². The molecular weight excluding hydrogens is 468 g/mol. The molecule has 35 heavy (non-hydrogen) atoms. The molecule has 0 fully saturated rings. The quantitative estimate of drug-likeness (QED) is 0.309. The number of aromatic nitrogens is 4. The number of fused-ring (bicyclic) bond motifs is 1. The van der Waals surface area contributed by atoms with Crippen LogP contribution in [0, 0.1) is 11.3 Å². The Morgan fingerprint density at radius 2 is 2.09 bits per heavy atom. The normalized spacial score (nSPS) is 12.7. The number of anilines is 1. The monoisotopic (exact) mass is 486 g/mol. The summed E-state index contributed by atoms with van der Waals surface area (Å²) >= 11 is 1.39. The van der Waals surface area contributed by atoms with Crippen molar-refractivity contribution in [1.82, 2.24) is 20.2 Å². The fraction of sp³-hybridized carbons (Fsp3) is 0.167. The summed E-state index contributed by atoms with van der Waals surface area (Å²) in [6.07, 6.45) is 5.63. The molecule has 0 atom stereocenters. The molecule has 10 nitrogen and oxygen atoms in total. The van der Waals surface area contributed by atoms with Crippen LogP contribution in [-0.4, -0.2) is 38.7 Å². The van der Waals surface area contributed by atoms with E-state index in [4.69, 9.17) is 9.15 Å². The first-order valence-electron chi connectivity index (χ1n) is 10.7. The second kappa shape index (κ2) is 9.74. The van der Waals surface area contributed by atoms with Gasteiger partial charge >= 0.3 is 5.97 Å². The number of furan rings is 1. The van der Waals surface area contributed by atoms with Gasteiger partial charge in [-0.25, -0.2) is 4.79 Å². The van der Waals surface area contributed by atoms with Crippen LogP contribution in [0.3, 0.4) is 0 Å². The Kier molecular flexibility index (Phi) is 6.19. The number of rotatable bonds is 7. The molecule has 0 bridgehead atoms. The summed E-state index contributed by atoms with van der Waals surface area (Å²) in [6.45, 7) is -0.551. The van der Waals surface area contributed by atoms with Crippen molar-refractivity contribution in [2.75, 3.05) is 11.9 Å². The van der Waals surface area contributed by atoms with E-state index in [-0.39, 0.29) is 5.70 Å². The standard InChI is InChI=1S/C24H18N6O4S/c25-13-18-17-9-4-10-20(17)35-23(18)26-21(31)14-34-24(32)19(12-16-8-5-11-33-16)30-22(27-28-29-30)15-6-2-1-3-7-15/h1-3,5-8,11-12H,4,9-10,14H2,(H,26,31). The lowest BCUT2D eigenvalue weighted by Gasteiger charge is -2.10. The number of carbonyl (C=O) groups is 2. The minimum Gasteiger partial charge on any atom is -0.465 e. The number of tetrazole rings is 1. The highest BCUT2D eigenvalue weighted by molar-refractivity contribution is 7.16. The fourth-order valence-corrected chi connectivity index (χ4v) is 5.07. The van der Waals surface area contributed by atoms with Crippen LogP contribution in [0.4, 0.5) is 5.00 Å². The predicted molar refractivity (Wildman–Crippen MR) is 127 cm³/mol. The Morgan fingerprint density at radius 3 is 2.86 bits per heavy atom. The number of nitriles is 1. The average Bonchev–Trinajstić information content (AvgIpc) is 3.67. The summed E-state index contributed by atoms with van der Waals surface area (Å²) in [5.74, 6) is -0.679. The first kappa shape index (κ1) is 22.2. The van der Waals surface area contributed by atoms with Crippen LogP contribution in [0.5, 0.6) is 0 Å². The molecule has 1 aliphatic carbocycles. The first-order chi connectivity index (χ1) is 17.1. The lowest BCUT2D eigenvalue weighted by Crippen LogP contribution is -2.23. The molecule has 0 spiro atoms. The topological polar surface area (TPSA) is 136 Å². The van der Waals surface area contributed by atoms with Gasteiger partial charge in [0.15, 0.2) is 18.1 Å². The maximum Gasteiger partial charge on any atom is 0.357 e. The summed E-state index contributed by atoms with van der Waals surface area (Å²) in [5.41, 5.74) is 2.13. The predicted octanol–water partition coefficient (Wildman–Crippen LogP) is 3.53. The molecule has 3 aromatic heterocycles. The molecule has 1 amide bonds. The molecular formula is C24H18N6O4S. The van der Waals surface area contributed by atoms with E-state index in [0.717, 1.165) is 29.7 Å². The molecule has 1 aliphatic rings. The number of nitrogens with zero attached hydrogens (tertiary/aromatic N) is 5. The molecule has 0 saturated heterocycles. The summed E-state index contributed by atoms with van der Waals surface area (Å²) in [4.78, 5) is 26.7. The molecule has 0 saturated carbocycles. The summed E-state index contributed by atoms with van der Waals surface area (Å²) < 4.78 is 11.9. The van der Waals surface area contributed by atoms with Gasteiger partial charge in [0.05, 0.1) is 11.8 Å². The number of amides is 1. The van der Waals surface area contributed by atoms with Gasteiger partial charge in [-0.3, -0.25) is 4.79 Å². The molecule has 5 rings (SSSR count). The zero-order valence-electron chi connectivity index (χ0n) is 18.3. The maximum atomic E-state index is 13.1. The van der Waals surface area contributed by atoms with Crippen molar-refractivity contribution in [2.24, 2.45) is 0 Å². The molecule has 1 N–H and O–H groups in total. The van der Waals surface area contributed by atoms with Crippen LogP contribution in [0.1, 0.15) is 28.2 Å². The van der Waals surface area contributed by atoms with E-state index in [2.05, 4.69) is 26.9 Å². The molecule has 0 aliphatic heterocycles. The minimum atomic E-state index is -0.824. The third-order valence-corrected chi connectivity index (χ3v) is 6.59. The van der Waals surface area contributed by atoms with Gasteiger partial charge in [-0.2, -0.15) is 9.94 Å². The van der Waals surface area contributed by atoms with Crippen LogP contribution < -0.4 is 5.32 Å². The van der Waals surface area contributed by atoms with Crippen molar-refractivity contribution in [3.05, 3.63) is 70.5 Å². The zero-order valence-corrected chi connectivity index (χ0v) is 19.1. The number of benzene rings is 1. The van der Waals surface area contributed by atoms with E-state index in [1.807, 2.05) is 18.2 Å². The second-order valence-electron chi connectivity index (χ2n) is 7.62. The highest BCUT2D eigenvalue weighted by Crippen LogP contribution is 2.38. The van der Waals surface area contributed by atoms with Gasteiger partial charge in [0.25, 0.3) is 5.91 Å². The number of nitrogens with one attached hydrogen (secondary N) is 1. The number of ether oxygens (including phenoxy) is 1. The van der Waals surface area contributed by atoms with Crippen LogP contribution in [0.25, 0.3) is 23.2 Å². The van der Waals surface area contributed by atoms with Gasteiger partial charge in [0, 0.05) is 16.5 Å². The van der Waals surface area contributed by atoms with E-state index in [1.165, 1.54) is 28.4 Å². The number of carbonyl (C=O) groups excluding carboxylic acids is 2. The first-order valence-corrected chi connectivity index (χ1v) is 11.6. The van der Waals surface area contributed by atoms with Gasteiger partial charge in [0.2, 0.25) is 0 Å². The third kappa shape index (κ3) is 4.60. The average molecular weight is 487 g/mol. The van der Waals surface area contributed by atoms with Crippen molar-refractivity contribution in [1.29, 1.82) is 5.26 Å². The van der Waals surface area contributed by atoms with Crippen LogP contribution in [0.15, 0.2) is 53.1 Å². The van der Waals surface area contributed by atoms with E-state index >= 15 is 0 Å².